The summed E-state index contributed by atoms with van der Waals surface area (Å²) in [7, 11) is 0. The summed E-state index contributed by atoms with van der Waals surface area (Å²) in [5.74, 6) is 0. The molecule has 0 saturated heterocycles. The summed E-state index contributed by atoms with van der Waals surface area (Å²) in [6.07, 6.45) is 0. The molecule has 112 valence electrons. The van der Waals surface area contributed by atoms with Gasteiger partial charge in [0.15, 0.2) is 0 Å². The number of rotatable bonds is 3. The average Bonchev–Trinajstić information content (AvgIpc) is 2.52. The molecule has 1 heteroatoms. The van der Waals surface area contributed by atoms with Crippen LogP contribution in [0.1, 0.15) is 31.9 Å². The van der Waals surface area contributed by atoms with Gasteiger partial charge in [-0.15, -0.1) is 0 Å². The zero-order valence-electron chi connectivity index (χ0n) is 13.6. The molecule has 3 rings (SSSR count). The molecular weight excluding hydrogens is 266 g/mol. The summed E-state index contributed by atoms with van der Waals surface area (Å²) in [5.41, 5.74) is 4.06. The van der Waals surface area contributed by atoms with Crippen LogP contribution in [0, 0.1) is 0 Å². The minimum atomic E-state index is 0.141. The molecule has 0 spiro atoms. The molecule has 1 N–H and O–H groups in total. The van der Waals surface area contributed by atoms with E-state index in [0.29, 0.717) is 0 Å². The number of para-hydroxylation sites is 1. The van der Waals surface area contributed by atoms with Crippen molar-refractivity contribution in [2.24, 2.45) is 0 Å². The van der Waals surface area contributed by atoms with Crippen molar-refractivity contribution in [3.63, 3.8) is 0 Å². The zero-order chi connectivity index (χ0) is 15.6. The fourth-order valence-corrected chi connectivity index (χ4v) is 2.93. The van der Waals surface area contributed by atoms with Crippen molar-refractivity contribution < 1.29 is 0 Å². The van der Waals surface area contributed by atoms with Crippen molar-refractivity contribution in [3.05, 3.63) is 77.9 Å². The fraction of sp³-hybridized carbons (Fsp3) is 0.238. The molecule has 0 bridgehead atoms. The highest BCUT2D eigenvalue weighted by Crippen LogP contribution is 2.30. The predicted octanol–water partition coefficient (Wildman–Crippen LogP) is 5.75. The second kappa shape index (κ2) is 5.84. The topological polar surface area (TPSA) is 12.0 Å². The van der Waals surface area contributed by atoms with Crippen LogP contribution in [-0.2, 0) is 12.0 Å². The van der Waals surface area contributed by atoms with Crippen molar-refractivity contribution in [2.75, 3.05) is 5.32 Å². The van der Waals surface area contributed by atoms with Crippen LogP contribution in [0.4, 0.5) is 5.69 Å². The Balaban J connectivity index is 1.89. The van der Waals surface area contributed by atoms with Gasteiger partial charge in [0.1, 0.15) is 0 Å². The van der Waals surface area contributed by atoms with Gasteiger partial charge >= 0.3 is 0 Å². The molecule has 0 saturated carbocycles. The standard InChI is InChI=1S/C21H23N/c1-21(2,3)19-13-6-7-14-20(19)22-15-17-11-8-10-16-9-4-5-12-18(16)17/h4-14,22H,15H2,1-3H3. The first-order chi connectivity index (χ1) is 10.6. The lowest BCUT2D eigenvalue weighted by Gasteiger charge is -2.23. The van der Waals surface area contributed by atoms with E-state index in [0.717, 1.165) is 6.54 Å². The third-order valence-corrected chi connectivity index (χ3v) is 4.08. The van der Waals surface area contributed by atoms with Crippen molar-refractivity contribution in [1.29, 1.82) is 0 Å². The first-order valence-electron chi connectivity index (χ1n) is 7.86. The summed E-state index contributed by atoms with van der Waals surface area (Å²) < 4.78 is 0. The van der Waals surface area contributed by atoms with E-state index < -0.39 is 0 Å². The van der Waals surface area contributed by atoms with Crippen LogP contribution in [0.5, 0.6) is 0 Å². The van der Waals surface area contributed by atoms with Gasteiger partial charge in [-0.25, -0.2) is 0 Å². The van der Waals surface area contributed by atoms with Crippen molar-refractivity contribution in [3.8, 4) is 0 Å². The molecule has 0 aliphatic heterocycles. The van der Waals surface area contributed by atoms with Gasteiger partial charge in [0.2, 0.25) is 0 Å². The highest BCUT2D eigenvalue weighted by Gasteiger charge is 2.17. The van der Waals surface area contributed by atoms with Crippen LogP contribution in [0.15, 0.2) is 66.7 Å². The monoisotopic (exact) mass is 289 g/mol. The lowest BCUT2D eigenvalue weighted by molar-refractivity contribution is 0.591. The Labute approximate surface area is 133 Å². The lowest BCUT2D eigenvalue weighted by Crippen LogP contribution is -2.14. The highest BCUT2D eigenvalue weighted by molar-refractivity contribution is 5.85. The van der Waals surface area contributed by atoms with Crippen LogP contribution in [0.3, 0.4) is 0 Å². The molecule has 3 aromatic rings. The Morgan fingerprint density at radius 1 is 0.773 bits per heavy atom. The molecule has 0 heterocycles. The molecule has 22 heavy (non-hydrogen) atoms. The highest BCUT2D eigenvalue weighted by atomic mass is 14.9. The third-order valence-electron chi connectivity index (χ3n) is 4.08. The van der Waals surface area contributed by atoms with Crippen molar-refractivity contribution in [1.82, 2.24) is 0 Å². The number of fused-ring (bicyclic) bond motifs is 1. The molecule has 0 aliphatic carbocycles. The molecule has 0 atom stereocenters. The zero-order valence-corrected chi connectivity index (χ0v) is 13.6. The molecule has 0 aromatic heterocycles. The summed E-state index contributed by atoms with van der Waals surface area (Å²) in [6, 6.07) is 23.7. The summed E-state index contributed by atoms with van der Waals surface area (Å²) in [4.78, 5) is 0. The first-order valence-corrected chi connectivity index (χ1v) is 7.86. The normalized spacial score (nSPS) is 11.6. The summed E-state index contributed by atoms with van der Waals surface area (Å²) in [5, 5.41) is 6.25. The molecule has 3 aromatic carbocycles. The van der Waals surface area contributed by atoms with Crippen LogP contribution in [-0.4, -0.2) is 0 Å². The van der Waals surface area contributed by atoms with E-state index in [2.05, 4.69) is 92.8 Å². The molecule has 1 nitrogen and oxygen atoms in total. The quantitative estimate of drug-likeness (QED) is 0.647. The minimum absolute atomic E-state index is 0.141. The van der Waals surface area contributed by atoms with Crippen molar-refractivity contribution >= 4 is 16.5 Å². The Kier molecular flexibility index (Phi) is 3.89. The van der Waals surface area contributed by atoms with Crippen molar-refractivity contribution in [2.45, 2.75) is 32.7 Å². The Morgan fingerprint density at radius 2 is 1.45 bits per heavy atom. The average molecular weight is 289 g/mol. The van der Waals surface area contributed by atoms with Gasteiger partial charge in [0.25, 0.3) is 0 Å². The van der Waals surface area contributed by atoms with E-state index in [9.17, 15) is 0 Å². The van der Waals surface area contributed by atoms with Crippen LogP contribution < -0.4 is 5.32 Å². The molecule has 0 amide bonds. The van der Waals surface area contributed by atoms with Gasteiger partial charge in [-0.2, -0.15) is 0 Å². The number of hydrogen-bond donors (Lipinski definition) is 1. The molecule has 0 radical (unpaired) electrons. The maximum Gasteiger partial charge on any atom is 0.0407 e. The maximum absolute atomic E-state index is 3.63. The lowest BCUT2D eigenvalue weighted by atomic mass is 9.86. The van der Waals surface area contributed by atoms with Gasteiger partial charge in [0.05, 0.1) is 0 Å². The minimum Gasteiger partial charge on any atom is -0.381 e. The van der Waals surface area contributed by atoms with E-state index in [1.165, 1.54) is 27.6 Å². The Morgan fingerprint density at radius 3 is 2.27 bits per heavy atom. The van der Waals surface area contributed by atoms with Gasteiger partial charge in [0, 0.05) is 12.2 Å². The molecule has 0 unspecified atom stereocenters. The summed E-state index contributed by atoms with van der Waals surface area (Å²) >= 11 is 0. The number of benzene rings is 3. The van der Waals surface area contributed by atoms with Gasteiger partial charge < -0.3 is 5.32 Å². The molecule has 0 fully saturated rings. The Bertz CT molecular complexity index is 776. The van der Waals surface area contributed by atoms with E-state index in [-0.39, 0.29) is 5.41 Å². The van der Waals surface area contributed by atoms with Gasteiger partial charge in [-0.05, 0) is 33.4 Å². The number of hydrogen-bond acceptors (Lipinski definition) is 1. The SMILES string of the molecule is CC(C)(C)c1ccccc1NCc1cccc2ccccc12. The van der Waals surface area contributed by atoms with Gasteiger partial charge in [-0.3, -0.25) is 0 Å². The Hall–Kier alpha value is -2.28. The second-order valence-electron chi connectivity index (χ2n) is 6.79. The maximum atomic E-state index is 3.63. The first kappa shape index (κ1) is 14.6. The van der Waals surface area contributed by atoms with E-state index in [1.54, 1.807) is 0 Å². The fourth-order valence-electron chi connectivity index (χ4n) is 2.93. The number of anilines is 1. The number of nitrogens with one attached hydrogen (secondary N) is 1. The van der Waals surface area contributed by atoms with E-state index in [1.807, 2.05) is 0 Å². The molecular formula is C21H23N. The molecule has 0 aliphatic rings. The van der Waals surface area contributed by atoms with Crippen LogP contribution in [0.2, 0.25) is 0 Å². The van der Waals surface area contributed by atoms with E-state index in [4.69, 9.17) is 0 Å². The largest absolute Gasteiger partial charge is 0.381 e. The second-order valence-corrected chi connectivity index (χ2v) is 6.79. The predicted molar refractivity (Wildman–Crippen MR) is 96.4 cm³/mol. The third kappa shape index (κ3) is 2.99. The van der Waals surface area contributed by atoms with Crippen LogP contribution >= 0.6 is 0 Å². The van der Waals surface area contributed by atoms with E-state index >= 15 is 0 Å². The smallest absolute Gasteiger partial charge is 0.0407 e. The summed E-state index contributed by atoms with van der Waals surface area (Å²) in [6.45, 7) is 7.61. The van der Waals surface area contributed by atoms with Crippen LogP contribution in [0.25, 0.3) is 10.8 Å². The van der Waals surface area contributed by atoms with Gasteiger partial charge in [-0.1, -0.05) is 81.4 Å².